The van der Waals surface area contributed by atoms with Crippen molar-refractivity contribution < 1.29 is 9.59 Å². The Morgan fingerprint density at radius 3 is 2.55 bits per heavy atom. The number of benzene rings is 3. The van der Waals surface area contributed by atoms with Gasteiger partial charge in [-0.3, -0.25) is 9.59 Å². The van der Waals surface area contributed by atoms with Gasteiger partial charge in [-0.1, -0.05) is 47.5 Å². The van der Waals surface area contributed by atoms with Gasteiger partial charge < -0.3 is 10.2 Å². The summed E-state index contributed by atoms with van der Waals surface area (Å²) < 4.78 is 0. The molecule has 158 valence electrons. The van der Waals surface area contributed by atoms with Crippen LogP contribution in [-0.4, -0.2) is 24.1 Å². The predicted octanol–water partition coefficient (Wildman–Crippen LogP) is 5.60. The fraction of sp³-hybridized carbons (Fsp3) is 0.167. The third-order valence-electron chi connectivity index (χ3n) is 5.01. The molecule has 0 aliphatic carbocycles. The van der Waals surface area contributed by atoms with Crippen molar-refractivity contribution in [1.82, 2.24) is 5.32 Å². The number of thioether (sulfide) groups is 1. The molecule has 4 nitrogen and oxygen atoms in total. The summed E-state index contributed by atoms with van der Waals surface area (Å²) in [4.78, 5) is 28.1. The van der Waals surface area contributed by atoms with Crippen LogP contribution in [0.25, 0.3) is 0 Å². The Hall–Kier alpha value is -2.47. The minimum Gasteiger partial charge on any atom is -0.352 e. The van der Waals surface area contributed by atoms with Crippen LogP contribution >= 0.6 is 35.0 Å². The zero-order valence-corrected chi connectivity index (χ0v) is 18.9. The van der Waals surface area contributed by atoms with Crippen LogP contribution in [0.3, 0.4) is 0 Å². The van der Waals surface area contributed by atoms with Gasteiger partial charge in [0.2, 0.25) is 5.91 Å². The van der Waals surface area contributed by atoms with Crippen molar-refractivity contribution in [2.45, 2.75) is 17.9 Å². The van der Waals surface area contributed by atoms with E-state index in [0.717, 1.165) is 21.7 Å². The predicted molar refractivity (Wildman–Crippen MR) is 127 cm³/mol. The molecule has 0 aromatic heterocycles. The molecule has 7 heteroatoms. The fourth-order valence-corrected chi connectivity index (χ4v) is 4.66. The van der Waals surface area contributed by atoms with Gasteiger partial charge in [0, 0.05) is 27.0 Å². The number of halogens is 2. The summed E-state index contributed by atoms with van der Waals surface area (Å²) in [7, 11) is 0. The number of carbonyl (C=O) groups excluding carboxylic acids is 2. The van der Waals surface area contributed by atoms with Gasteiger partial charge >= 0.3 is 0 Å². The second-order valence-corrected chi connectivity index (χ2v) is 9.10. The van der Waals surface area contributed by atoms with Gasteiger partial charge in [-0.05, 0) is 60.0 Å². The van der Waals surface area contributed by atoms with Crippen molar-refractivity contribution >= 4 is 52.5 Å². The highest BCUT2D eigenvalue weighted by molar-refractivity contribution is 8.00. The monoisotopic (exact) mass is 470 g/mol. The quantitative estimate of drug-likeness (QED) is 0.509. The molecule has 0 unspecified atom stereocenters. The third kappa shape index (κ3) is 5.42. The molecule has 1 N–H and O–H groups in total. The maximum Gasteiger partial charge on any atom is 0.251 e. The van der Waals surface area contributed by atoms with Gasteiger partial charge in [0.1, 0.15) is 0 Å². The van der Waals surface area contributed by atoms with E-state index in [1.54, 1.807) is 23.1 Å². The van der Waals surface area contributed by atoms with Crippen LogP contribution in [0, 0.1) is 0 Å². The number of anilines is 1. The minimum atomic E-state index is -0.164. The zero-order chi connectivity index (χ0) is 21.8. The highest BCUT2D eigenvalue weighted by Crippen LogP contribution is 2.37. The largest absolute Gasteiger partial charge is 0.352 e. The Morgan fingerprint density at radius 2 is 1.77 bits per heavy atom. The van der Waals surface area contributed by atoms with Crippen molar-refractivity contribution in [3.05, 3.63) is 93.5 Å². The lowest BCUT2D eigenvalue weighted by molar-refractivity contribution is -0.116. The molecule has 0 saturated carbocycles. The molecule has 0 saturated heterocycles. The number of rotatable bonds is 6. The summed E-state index contributed by atoms with van der Waals surface area (Å²) in [6.45, 7) is 0.923. The minimum absolute atomic E-state index is 0.0118. The van der Waals surface area contributed by atoms with Crippen LogP contribution in [0.2, 0.25) is 10.0 Å². The van der Waals surface area contributed by atoms with E-state index in [-0.39, 0.29) is 11.8 Å². The molecule has 0 bridgehead atoms. The van der Waals surface area contributed by atoms with E-state index in [4.69, 9.17) is 23.2 Å². The zero-order valence-electron chi connectivity index (χ0n) is 16.6. The molecular weight excluding hydrogens is 451 g/mol. The van der Waals surface area contributed by atoms with Gasteiger partial charge in [0.25, 0.3) is 5.91 Å². The van der Waals surface area contributed by atoms with Crippen LogP contribution in [0.4, 0.5) is 5.69 Å². The Morgan fingerprint density at radius 1 is 0.968 bits per heavy atom. The molecule has 0 radical (unpaired) electrons. The lowest BCUT2D eigenvalue weighted by Gasteiger charge is -2.29. The number of nitrogens with zero attached hydrogens (tertiary/aromatic N) is 1. The Labute approximate surface area is 195 Å². The lowest BCUT2D eigenvalue weighted by Crippen LogP contribution is -2.35. The Balaban J connectivity index is 1.47. The topological polar surface area (TPSA) is 49.4 Å². The SMILES string of the molecule is O=C(NCCc1ccc(Cl)cc1)c1ccc2c(c1)N(Cc1cccc(Cl)c1)C(=O)CS2. The maximum absolute atomic E-state index is 12.7. The second kappa shape index (κ2) is 9.77. The first-order valence-corrected chi connectivity index (χ1v) is 11.6. The highest BCUT2D eigenvalue weighted by atomic mass is 35.5. The first-order chi connectivity index (χ1) is 15.0. The first kappa shape index (κ1) is 21.8. The highest BCUT2D eigenvalue weighted by Gasteiger charge is 2.26. The van der Waals surface area contributed by atoms with E-state index in [0.29, 0.717) is 40.9 Å². The first-order valence-electron chi connectivity index (χ1n) is 9.84. The summed E-state index contributed by atoms with van der Waals surface area (Å²) in [6.07, 6.45) is 0.711. The summed E-state index contributed by atoms with van der Waals surface area (Å²) in [5, 5.41) is 4.27. The van der Waals surface area contributed by atoms with Crippen molar-refractivity contribution in [2.24, 2.45) is 0 Å². The average Bonchev–Trinajstić information content (AvgIpc) is 2.77. The summed E-state index contributed by atoms with van der Waals surface area (Å²) >= 11 is 13.5. The second-order valence-electron chi connectivity index (χ2n) is 7.21. The molecule has 3 aromatic rings. The molecule has 0 spiro atoms. The number of nitrogens with one attached hydrogen (secondary N) is 1. The molecular formula is C24H20Cl2N2O2S. The Kier molecular flexibility index (Phi) is 6.86. The van der Waals surface area contributed by atoms with E-state index in [1.165, 1.54) is 11.8 Å². The average molecular weight is 471 g/mol. The number of hydrogen-bond acceptors (Lipinski definition) is 3. The maximum atomic E-state index is 12.7. The molecule has 1 aliphatic rings. The lowest BCUT2D eigenvalue weighted by atomic mass is 10.1. The molecule has 4 rings (SSSR count). The van der Waals surface area contributed by atoms with Crippen LogP contribution in [-0.2, 0) is 17.8 Å². The molecule has 31 heavy (non-hydrogen) atoms. The van der Waals surface area contributed by atoms with Crippen LogP contribution in [0.5, 0.6) is 0 Å². The van der Waals surface area contributed by atoms with Gasteiger partial charge in [-0.2, -0.15) is 0 Å². The normalized spacial score (nSPS) is 13.1. The van der Waals surface area contributed by atoms with Crippen molar-refractivity contribution in [3.8, 4) is 0 Å². The van der Waals surface area contributed by atoms with Crippen molar-refractivity contribution in [2.75, 3.05) is 17.2 Å². The number of amides is 2. The Bertz CT molecular complexity index is 1120. The van der Waals surface area contributed by atoms with Gasteiger partial charge in [0.15, 0.2) is 0 Å². The number of carbonyl (C=O) groups is 2. The van der Waals surface area contributed by atoms with Crippen LogP contribution in [0.1, 0.15) is 21.5 Å². The molecule has 2 amide bonds. The summed E-state index contributed by atoms with van der Waals surface area (Å²) in [5.74, 6) is 0.223. The van der Waals surface area contributed by atoms with Crippen LogP contribution < -0.4 is 10.2 Å². The third-order valence-corrected chi connectivity index (χ3v) is 6.54. The smallest absolute Gasteiger partial charge is 0.251 e. The summed E-state index contributed by atoms with van der Waals surface area (Å²) in [5.41, 5.74) is 3.33. The van der Waals surface area contributed by atoms with E-state index < -0.39 is 0 Å². The van der Waals surface area contributed by atoms with Gasteiger partial charge in [-0.15, -0.1) is 11.8 Å². The molecule has 1 heterocycles. The fourth-order valence-electron chi connectivity index (χ4n) is 3.41. The van der Waals surface area contributed by atoms with Crippen molar-refractivity contribution in [3.63, 3.8) is 0 Å². The molecule has 3 aromatic carbocycles. The van der Waals surface area contributed by atoms with Gasteiger partial charge in [0.05, 0.1) is 18.0 Å². The van der Waals surface area contributed by atoms with E-state index in [2.05, 4.69) is 5.32 Å². The number of fused-ring (bicyclic) bond motifs is 1. The standard InChI is InChI=1S/C24H20Cl2N2O2S/c25-19-7-4-16(5-8-19)10-11-27-24(30)18-6-9-22-21(13-18)28(23(29)15-31-22)14-17-2-1-3-20(26)12-17/h1-9,12-13H,10-11,14-15H2,(H,27,30). The van der Waals surface area contributed by atoms with E-state index >= 15 is 0 Å². The molecule has 1 aliphatic heterocycles. The van der Waals surface area contributed by atoms with E-state index in [1.807, 2.05) is 48.5 Å². The molecule has 0 fully saturated rings. The summed E-state index contributed by atoms with van der Waals surface area (Å²) in [6, 6.07) is 20.5. The van der Waals surface area contributed by atoms with E-state index in [9.17, 15) is 9.59 Å². The van der Waals surface area contributed by atoms with Crippen molar-refractivity contribution in [1.29, 1.82) is 0 Å². The molecule has 0 atom stereocenters. The van der Waals surface area contributed by atoms with Gasteiger partial charge in [-0.25, -0.2) is 0 Å². The number of hydrogen-bond donors (Lipinski definition) is 1. The van der Waals surface area contributed by atoms with Crippen LogP contribution in [0.15, 0.2) is 71.6 Å².